The molecule has 0 saturated carbocycles. The maximum atomic E-state index is 6.30. The van der Waals surface area contributed by atoms with Crippen LogP contribution in [0, 0.1) is 5.92 Å². The van der Waals surface area contributed by atoms with Gasteiger partial charge in [-0.3, -0.25) is 0 Å². The standard InChI is InChI=1S/C22H17Cl2N/c23-19-11-9-14(12-20(19)24)21-17-7-3-6-16(17)18-10-8-13-4-1-2-5-15(13)22(18)25-21/h1-6,8-12,16-17,21,25H,7H2/t16-,17+,21+/m1/s1. The molecule has 3 aromatic carbocycles. The van der Waals surface area contributed by atoms with Crippen LogP contribution in [0.4, 0.5) is 5.69 Å². The number of nitrogens with one attached hydrogen (secondary N) is 1. The molecule has 0 saturated heterocycles. The fourth-order valence-electron chi connectivity index (χ4n) is 4.38. The summed E-state index contributed by atoms with van der Waals surface area (Å²) >= 11 is 12.4. The van der Waals surface area contributed by atoms with Crippen LogP contribution >= 0.6 is 23.2 Å². The van der Waals surface area contributed by atoms with Crippen molar-refractivity contribution in [3.8, 4) is 0 Å². The molecule has 1 heterocycles. The van der Waals surface area contributed by atoms with E-state index < -0.39 is 0 Å². The van der Waals surface area contributed by atoms with Crippen LogP contribution in [-0.2, 0) is 0 Å². The Labute approximate surface area is 157 Å². The smallest absolute Gasteiger partial charge is 0.0595 e. The van der Waals surface area contributed by atoms with E-state index in [0.29, 0.717) is 21.9 Å². The van der Waals surface area contributed by atoms with E-state index >= 15 is 0 Å². The lowest BCUT2D eigenvalue weighted by atomic mass is 9.76. The van der Waals surface area contributed by atoms with Gasteiger partial charge in [0.1, 0.15) is 0 Å². The first-order valence-corrected chi connectivity index (χ1v) is 9.38. The molecule has 0 amide bonds. The van der Waals surface area contributed by atoms with Crippen molar-refractivity contribution in [2.24, 2.45) is 5.92 Å². The minimum atomic E-state index is 0.230. The number of hydrogen-bond acceptors (Lipinski definition) is 1. The van der Waals surface area contributed by atoms with E-state index in [1.54, 1.807) is 0 Å². The van der Waals surface area contributed by atoms with Gasteiger partial charge >= 0.3 is 0 Å². The number of hydrogen-bond donors (Lipinski definition) is 1. The molecule has 1 aliphatic heterocycles. The summed E-state index contributed by atoms with van der Waals surface area (Å²) < 4.78 is 0. The average molecular weight is 366 g/mol. The van der Waals surface area contributed by atoms with Gasteiger partial charge in [-0.05, 0) is 41.0 Å². The van der Waals surface area contributed by atoms with Crippen LogP contribution in [0.15, 0.2) is 66.7 Å². The predicted octanol–water partition coefficient (Wildman–Crippen LogP) is 6.97. The number of fused-ring (bicyclic) bond motifs is 5. The lowest BCUT2D eigenvalue weighted by Gasteiger charge is -2.38. The Balaban J connectivity index is 1.69. The van der Waals surface area contributed by atoms with E-state index in [1.165, 1.54) is 27.6 Å². The Morgan fingerprint density at radius 3 is 2.68 bits per heavy atom. The van der Waals surface area contributed by atoms with Gasteiger partial charge in [-0.25, -0.2) is 0 Å². The quantitative estimate of drug-likeness (QED) is 0.459. The van der Waals surface area contributed by atoms with Crippen LogP contribution < -0.4 is 5.32 Å². The molecule has 0 bridgehead atoms. The second kappa shape index (κ2) is 5.79. The van der Waals surface area contributed by atoms with Gasteiger partial charge in [-0.15, -0.1) is 0 Å². The summed E-state index contributed by atoms with van der Waals surface area (Å²) in [5.74, 6) is 0.950. The molecule has 0 radical (unpaired) electrons. The molecular weight excluding hydrogens is 349 g/mol. The zero-order chi connectivity index (χ0) is 17.0. The normalized spacial score (nSPS) is 24.0. The van der Waals surface area contributed by atoms with Crippen LogP contribution in [0.3, 0.4) is 0 Å². The molecular formula is C22H17Cl2N. The van der Waals surface area contributed by atoms with Crippen LogP contribution in [0.2, 0.25) is 10.0 Å². The van der Waals surface area contributed by atoms with Crippen molar-refractivity contribution in [2.75, 3.05) is 5.32 Å². The van der Waals surface area contributed by atoms with E-state index in [9.17, 15) is 0 Å². The van der Waals surface area contributed by atoms with E-state index in [1.807, 2.05) is 12.1 Å². The molecule has 5 rings (SSSR count). The number of halogens is 2. The van der Waals surface area contributed by atoms with Gasteiger partial charge in [0.2, 0.25) is 0 Å². The molecule has 1 aliphatic carbocycles. The molecule has 3 atom stereocenters. The Kier molecular flexibility index (Phi) is 3.55. The minimum absolute atomic E-state index is 0.230. The first kappa shape index (κ1) is 15.3. The maximum Gasteiger partial charge on any atom is 0.0595 e. The maximum absolute atomic E-state index is 6.30. The van der Waals surface area contributed by atoms with Gasteiger partial charge in [0.05, 0.1) is 16.1 Å². The SMILES string of the molecule is Clc1ccc([C@@H]2Nc3c(ccc4ccccc34)[C@@H]3C=CC[C@@H]32)cc1Cl. The third-order valence-corrected chi connectivity index (χ3v) is 6.30. The van der Waals surface area contributed by atoms with Crippen molar-refractivity contribution < 1.29 is 0 Å². The molecule has 0 fully saturated rings. The molecule has 0 aromatic heterocycles. The summed E-state index contributed by atoms with van der Waals surface area (Å²) in [6.07, 6.45) is 5.75. The zero-order valence-electron chi connectivity index (χ0n) is 13.5. The van der Waals surface area contributed by atoms with Gasteiger partial charge in [-0.1, -0.05) is 77.8 Å². The molecule has 3 heteroatoms. The lowest BCUT2D eigenvalue weighted by molar-refractivity contribution is 0.426. The summed E-state index contributed by atoms with van der Waals surface area (Å²) in [6, 6.07) is 19.3. The number of benzene rings is 3. The highest BCUT2D eigenvalue weighted by Crippen LogP contribution is 2.51. The lowest BCUT2D eigenvalue weighted by Crippen LogP contribution is -2.29. The van der Waals surface area contributed by atoms with Crippen molar-refractivity contribution in [2.45, 2.75) is 18.4 Å². The molecule has 25 heavy (non-hydrogen) atoms. The highest BCUT2D eigenvalue weighted by Gasteiger charge is 2.38. The molecule has 2 aliphatic rings. The first-order valence-electron chi connectivity index (χ1n) is 8.62. The Bertz CT molecular complexity index is 1010. The summed E-state index contributed by atoms with van der Waals surface area (Å²) in [4.78, 5) is 0. The summed E-state index contributed by atoms with van der Waals surface area (Å²) in [5.41, 5.74) is 3.85. The highest BCUT2D eigenvalue weighted by atomic mass is 35.5. The predicted molar refractivity (Wildman–Crippen MR) is 107 cm³/mol. The van der Waals surface area contributed by atoms with E-state index in [4.69, 9.17) is 23.2 Å². The van der Waals surface area contributed by atoms with Gasteiger partial charge in [0, 0.05) is 17.0 Å². The number of anilines is 1. The van der Waals surface area contributed by atoms with E-state index in [2.05, 4.69) is 59.9 Å². The van der Waals surface area contributed by atoms with E-state index in [-0.39, 0.29) is 6.04 Å². The Hall–Kier alpha value is -1.96. The highest BCUT2D eigenvalue weighted by molar-refractivity contribution is 6.42. The van der Waals surface area contributed by atoms with Gasteiger partial charge < -0.3 is 5.32 Å². The number of rotatable bonds is 1. The van der Waals surface area contributed by atoms with E-state index in [0.717, 1.165) is 6.42 Å². The number of allylic oxidation sites excluding steroid dienone is 2. The molecule has 124 valence electrons. The fourth-order valence-corrected chi connectivity index (χ4v) is 4.68. The first-order chi connectivity index (χ1) is 12.2. The summed E-state index contributed by atoms with van der Waals surface area (Å²) in [7, 11) is 0. The topological polar surface area (TPSA) is 12.0 Å². The molecule has 0 unspecified atom stereocenters. The van der Waals surface area contributed by atoms with Crippen molar-refractivity contribution >= 4 is 39.7 Å². The zero-order valence-corrected chi connectivity index (χ0v) is 15.1. The third-order valence-electron chi connectivity index (χ3n) is 5.56. The van der Waals surface area contributed by atoms with Crippen LogP contribution in [0.1, 0.15) is 29.5 Å². The summed E-state index contributed by atoms with van der Waals surface area (Å²) in [6.45, 7) is 0. The van der Waals surface area contributed by atoms with Crippen LogP contribution in [0.5, 0.6) is 0 Å². The van der Waals surface area contributed by atoms with Crippen molar-refractivity contribution in [1.29, 1.82) is 0 Å². The molecule has 1 nitrogen and oxygen atoms in total. The monoisotopic (exact) mass is 365 g/mol. The largest absolute Gasteiger partial charge is 0.377 e. The second-order valence-electron chi connectivity index (χ2n) is 6.90. The van der Waals surface area contributed by atoms with Crippen molar-refractivity contribution in [3.05, 3.63) is 87.9 Å². The molecule has 3 aromatic rings. The minimum Gasteiger partial charge on any atom is -0.377 e. The Morgan fingerprint density at radius 1 is 0.920 bits per heavy atom. The van der Waals surface area contributed by atoms with Gasteiger partial charge in [-0.2, -0.15) is 0 Å². The third kappa shape index (κ3) is 2.38. The second-order valence-corrected chi connectivity index (χ2v) is 7.71. The average Bonchev–Trinajstić information content (AvgIpc) is 3.13. The van der Waals surface area contributed by atoms with Crippen LogP contribution in [0.25, 0.3) is 10.8 Å². The van der Waals surface area contributed by atoms with Gasteiger partial charge in [0.15, 0.2) is 0 Å². The summed E-state index contributed by atoms with van der Waals surface area (Å²) in [5, 5.41) is 7.60. The molecule has 1 N–H and O–H groups in total. The van der Waals surface area contributed by atoms with Gasteiger partial charge in [0.25, 0.3) is 0 Å². The molecule has 0 spiro atoms. The van der Waals surface area contributed by atoms with Crippen LogP contribution in [-0.4, -0.2) is 0 Å². The van der Waals surface area contributed by atoms with Crippen molar-refractivity contribution in [1.82, 2.24) is 0 Å². The fraction of sp³-hybridized carbons (Fsp3) is 0.182. The van der Waals surface area contributed by atoms with Crippen molar-refractivity contribution in [3.63, 3.8) is 0 Å². The Morgan fingerprint density at radius 2 is 1.80 bits per heavy atom.